The van der Waals surface area contributed by atoms with Crippen molar-refractivity contribution in [3.8, 4) is 0 Å². The van der Waals surface area contributed by atoms with Crippen molar-refractivity contribution in [1.82, 2.24) is 4.90 Å². The fourth-order valence-electron chi connectivity index (χ4n) is 3.30. The molecule has 1 heterocycles. The van der Waals surface area contributed by atoms with E-state index in [4.69, 9.17) is 16.6 Å². The van der Waals surface area contributed by atoms with Gasteiger partial charge in [-0.05, 0) is 43.5 Å². The summed E-state index contributed by atoms with van der Waals surface area (Å²) < 4.78 is 6.94. The van der Waals surface area contributed by atoms with Crippen LogP contribution in [0.15, 0.2) is 30.3 Å². The molecule has 0 aliphatic carbocycles. The zero-order chi connectivity index (χ0) is 21.8. The molecule has 4 nitrogen and oxygen atoms in total. The Bertz CT molecular complexity index is 706. The van der Waals surface area contributed by atoms with Crippen molar-refractivity contribution in [1.29, 1.82) is 0 Å². The van der Waals surface area contributed by atoms with Crippen LogP contribution in [0.5, 0.6) is 0 Å². The molecule has 0 bridgehead atoms. The largest absolute Gasteiger partial charge is 0.414 e. The summed E-state index contributed by atoms with van der Waals surface area (Å²) in [5, 5.41) is 10.7. The van der Waals surface area contributed by atoms with Crippen molar-refractivity contribution in [2.45, 2.75) is 83.3 Å². The predicted octanol–water partition coefficient (Wildman–Crippen LogP) is 5.01. The van der Waals surface area contributed by atoms with E-state index in [1.165, 1.54) is 5.56 Å². The Hall–Kier alpha value is -0.733. The first-order valence-corrected chi connectivity index (χ1v) is 14.6. The summed E-state index contributed by atoms with van der Waals surface area (Å²) in [6.07, 6.45) is 0.500. The minimum absolute atomic E-state index is 0.0514. The van der Waals surface area contributed by atoms with Crippen LogP contribution in [0, 0.1) is 0 Å². The van der Waals surface area contributed by atoms with Crippen LogP contribution in [-0.4, -0.2) is 52.6 Å². The van der Waals surface area contributed by atoms with Crippen LogP contribution in [0.2, 0.25) is 18.1 Å². The quantitative estimate of drug-likeness (QED) is 0.443. The summed E-state index contributed by atoms with van der Waals surface area (Å²) in [7, 11) is -1.90. The van der Waals surface area contributed by atoms with E-state index in [2.05, 4.69) is 46.0 Å². The molecule has 1 aliphatic rings. The highest BCUT2D eigenvalue weighted by atomic mass is 32.2. The number of thioether (sulfide) groups is 1. The summed E-state index contributed by atoms with van der Waals surface area (Å²) in [6.45, 7) is 13.0. The van der Waals surface area contributed by atoms with Crippen LogP contribution in [0.4, 0.5) is 0 Å². The molecular formula is C22H35NO3S2Si. The number of benzene rings is 1. The lowest BCUT2D eigenvalue weighted by Crippen LogP contribution is -2.44. The number of thiocarbonyl (C=S) groups is 1. The number of aliphatic hydroxyl groups is 1. The maximum absolute atomic E-state index is 12.9. The number of carbonyl (C=O) groups excluding carboxylic acids is 1. The molecule has 1 N–H and O–H groups in total. The van der Waals surface area contributed by atoms with Gasteiger partial charge in [0.2, 0.25) is 5.91 Å². The molecule has 0 spiro atoms. The number of amides is 1. The Morgan fingerprint density at radius 3 is 2.55 bits per heavy atom. The highest BCUT2D eigenvalue weighted by Gasteiger charge is 2.39. The molecule has 0 unspecified atom stereocenters. The summed E-state index contributed by atoms with van der Waals surface area (Å²) in [6, 6.07) is 10.2. The van der Waals surface area contributed by atoms with E-state index in [-0.39, 0.29) is 29.5 Å². The Balaban J connectivity index is 1.92. The van der Waals surface area contributed by atoms with Gasteiger partial charge in [-0.1, -0.05) is 75.1 Å². The summed E-state index contributed by atoms with van der Waals surface area (Å²) >= 11 is 6.98. The maximum Gasteiger partial charge on any atom is 0.230 e. The number of nitrogens with zero attached hydrogens (tertiary/aromatic N) is 1. The fourth-order valence-corrected chi connectivity index (χ4v) is 6.20. The first-order valence-electron chi connectivity index (χ1n) is 10.3. The summed E-state index contributed by atoms with van der Waals surface area (Å²) in [5.74, 6) is 0.716. The van der Waals surface area contributed by atoms with Gasteiger partial charge in [-0.15, -0.1) is 0 Å². The van der Waals surface area contributed by atoms with Gasteiger partial charge in [0, 0.05) is 11.9 Å². The number of rotatable bonds is 8. The van der Waals surface area contributed by atoms with E-state index >= 15 is 0 Å². The second kappa shape index (κ2) is 10.0. The van der Waals surface area contributed by atoms with E-state index in [0.29, 0.717) is 10.7 Å². The van der Waals surface area contributed by atoms with Crippen molar-refractivity contribution >= 4 is 42.5 Å². The Kier molecular flexibility index (Phi) is 8.50. The number of aliphatic hydroxyl groups excluding tert-OH is 1. The normalized spacial score (nSPS) is 20.0. The SMILES string of the molecule is C[C@@H](C[C@H](O)CC(=O)N1C(=S)SC[C@@H]1Cc1ccccc1)O[Si](C)(C)C(C)(C)C. The van der Waals surface area contributed by atoms with Crippen LogP contribution >= 0.6 is 24.0 Å². The van der Waals surface area contributed by atoms with Gasteiger partial charge in [0.1, 0.15) is 4.32 Å². The van der Waals surface area contributed by atoms with Crippen LogP contribution < -0.4 is 0 Å². The van der Waals surface area contributed by atoms with Gasteiger partial charge in [0.25, 0.3) is 0 Å². The lowest BCUT2D eigenvalue weighted by Gasteiger charge is -2.38. The van der Waals surface area contributed by atoms with Crippen LogP contribution in [0.3, 0.4) is 0 Å². The van der Waals surface area contributed by atoms with E-state index in [1.807, 2.05) is 25.1 Å². The molecule has 0 radical (unpaired) electrons. The standard InChI is InChI=1S/C22H35NO3S2Si/c1-16(26-29(5,6)22(2,3)4)12-19(24)14-20(25)23-18(15-28-21(23)27)13-17-10-8-7-9-11-17/h7-11,16,18-19,24H,12-15H2,1-6H3/t16-,18-,19-/m0/s1. The van der Waals surface area contributed by atoms with Gasteiger partial charge >= 0.3 is 0 Å². The minimum Gasteiger partial charge on any atom is -0.414 e. The molecule has 1 amide bonds. The Labute approximate surface area is 186 Å². The second-order valence-corrected chi connectivity index (χ2v) is 15.9. The molecule has 3 atom stereocenters. The maximum atomic E-state index is 12.9. The van der Waals surface area contributed by atoms with Crippen LogP contribution in [-0.2, 0) is 15.6 Å². The third kappa shape index (κ3) is 6.89. The van der Waals surface area contributed by atoms with Gasteiger partial charge in [-0.2, -0.15) is 0 Å². The smallest absolute Gasteiger partial charge is 0.230 e. The molecule has 29 heavy (non-hydrogen) atoms. The molecular weight excluding hydrogens is 418 g/mol. The lowest BCUT2D eigenvalue weighted by atomic mass is 10.0. The van der Waals surface area contributed by atoms with Crippen LogP contribution in [0.1, 0.15) is 46.1 Å². The van der Waals surface area contributed by atoms with E-state index in [9.17, 15) is 9.90 Å². The first kappa shape index (κ1) is 24.5. The van der Waals surface area contributed by atoms with Crippen LogP contribution in [0.25, 0.3) is 0 Å². The summed E-state index contributed by atoms with van der Waals surface area (Å²) in [5.41, 5.74) is 1.19. The zero-order valence-electron chi connectivity index (χ0n) is 18.5. The summed E-state index contributed by atoms with van der Waals surface area (Å²) in [4.78, 5) is 14.6. The fraction of sp³-hybridized carbons (Fsp3) is 0.636. The van der Waals surface area contributed by atoms with E-state index < -0.39 is 14.4 Å². The zero-order valence-corrected chi connectivity index (χ0v) is 21.1. The molecule has 7 heteroatoms. The topological polar surface area (TPSA) is 49.8 Å². The van der Waals surface area contributed by atoms with Crippen molar-refractivity contribution in [3.05, 3.63) is 35.9 Å². The monoisotopic (exact) mass is 453 g/mol. The molecule has 162 valence electrons. The van der Waals surface area contributed by atoms with Gasteiger partial charge in [-0.3, -0.25) is 9.69 Å². The molecule has 2 rings (SSSR count). The molecule has 1 aliphatic heterocycles. The third-order valence-corrected chi connectivity index (χ3v) is 12.0. The van der Waals surface area contributed by atoms with Gasteiger partial charge in [-0.25, -0.2) is 0 Å². The first-order chi connectivity index (χ1) is 13.4. The van der Waals surface area contributed by atoms with Crippen molar-refractivity contribution in [2.24, 2.45) is 0 Å². The van der Waals surface area contributed by atoms with E-state index in [0.717, 1.165) is 12.2 Å². The molecule has 0 aromatic heterocycles. The average Bonchev–Trinajstić information content (AvgIpc) is 2.94. The highest BCUT2D eigenvalue weighted by Crippen LogP contribution is 2.37. The number of hydrogen-bond acceptors (Lipinski definition) is 5. The van der Waals surface area contributed by atoms with Gasteiger partial charge in [0.15, 0.2) is 8.32 Å². The predicted molar refractivity (Wildman–Crippen MR) is 129 cm³/mol. The van der Waals surface area contributed by atoms with Gasteiger partial charge < -0.3 is 9.53 Å². The van der Waals surface area contributed by atoms with Crippen molar-refractivity contribution in [3.63, 3.8) is 0 Å². The van der Waals surface area contributed by atoms with Crippen molar-refractivity contribution in [2.75, 3.05) is 5.75 Å². The van der Waals surface area contributed by atoms with Crippen molar-refractivity contribution < 1.29 is 14.3 Å². The highest BCUT2D eigenvalue weighted by molar-refractivity contribution is 8.23. The average molecular weight is 454 g/mol. The number of carbonyl (C=O) groups is 1. The minimum atomic E-state index is -1.90. The van der Waals surface area contributed by atoms with E-state index in [1.54, 1.807) is 16.7 Å². The molecule has 0 saturated carbocycles. The lowest BCUT2D eigenvalue weighted by molar-refractivity contribution is -0.130. The molecule has 1 fully saturated rings. The third-order valence-electron chi connectivity index (χ3n) is 5.86. The Morgan fingerprint density at radius 1 is 1.34 bits per heavy atom. The number of hydrogen-bond donors (Lipinski definition) is 1. The van der Waals surface area contributed by atoms with Gasteiger partial charge in [0.05, 0.1) is 18.6 Å². The molecule has 1 aromatic rings. The molecule has 1 aromatic carbocycles. The second-order valence-electron chi connectivity index (χ2n) is 9.47. The molecule has 1 saturated heterocycles. The Morgan fingerprint density at radius 2 is 1.97 bits per heavy atom.